The first kappa shape index (κ1) is 18.0. The molecule has 0 aliphatic carbocycles. The van der Waals surface area contributed by atoms with E-state index in [4.69, 9.17) is 5.26 Å². The van der Waals surface area contributed by atoms with Gasteiger partial charge in [-0.1, -0.05) is 26.0 Å². The Balaban J connectivity index is 2.36. The highest BCUT2D eigenvalue weighted by molar-refractivity contribution is 7.07. The quantitative estimate of drug-likeness (QED) is 0.809. The normalized spacial score (nSPS) is 12.4. The Labute approximate surface area is 146 Å². The molecule has 0 radical (unpaired) electrons. The van der Waals surface area contributed by atoms with Gasteiger partial charge in [-0.3, -0.25) is 4.79 Å². The summed E-state index contributed by atoms with van der Waals surface area (Å²) in [7, 11) is 1.69. The lowest BCUT2D eigenvalue weighted by Gasteiger charge is -2.23. The van der Waals surface area contributed by atoms with Crippen molar-refractivity contribution < 1.29 is 0 Å². The Morgan fingerprint density at radius 1 is 1.21 bits per heavy atom. The molecular weight excluding hydrogens is 318 g/mol. The molecule has 0 bridgehead atoms. The van der Waals surface area contributed by atoms with Gasteiger partial charge >= 0.3 is 0 Å². The summed E-state index contributed by atoms with van der Waals surface area (Å²) in [4.78, 5) is 14.6. The number of benzene rings is 1. The van der Waals surface area contributed by atoms with Crippen molar-refractivity contribution in [2.24, 2.45) is 7.05 Å². The summed E-state index contributed by atoms with van der Waals surface area (Å²) in [6.07, 6.45) is 5.53. The molecule has 0 saturated heterocycles. The van der Waals surface area contributed by atoms with Crippen LogP contribution in [0.1, 0.15) is 32.3 Å². The minimum Gasteiger partial charge on any atom is -0.372 e. The number of nitriles is 1. The van der Waals surface area contributed by atoms with Crippen LogP contribution in [0.15, 0.2) is 29.1 Å². The summed E-state index contributed by atoms with van der Waals surface area (Å²) in [5.74, 6) is 0. The first-order chi connectivity index (χ1) is 11.6. The van der Waals surface area contributed by atoms with Gasteiger partial charge in [0.1, 0.15) is 4.66 Å². The third-order valence-electron chi connectivity index (χ3n) is 3.79. The van der Waals surface area contributed by atoms with Crippen LogP contribution in [0.4, 0.5) is 5.69 Å². The van der Waals surface area contributed by atoms with Crippen LogP contribution in [-0.2, 0) is 7.05 Å². The molecule has 0 spiro atoms. The van der Waals surface area contributed by atoms with Crippen molar-refractivity contribution in [1.82, 2.24) is 4.57 Å². The van der Waals surface area contributed by atoms with E-state index in [-0.39, 0.29) is 5.56 Å². The SMILES string of the molecule is CCCN(CCC)c1ccc(/C=c2\s/c(=C\C#N)n(C)c2=O)cc1. The van der Waals surface area contributed by atoms with Gasteiger partial charge in [-0.15, -0.1) is 11.3 Å². The molecule has 0 aliphatic rings. The lowest BCUT2D eigenvalue weighted by atomic mass is 10.2. The van der Waals surface area contributed by atoms with Crippen LogP contribution >= 0.6 is 11.3 Å². The smallest absolute Gasteiger partial charge is 0.268 e. The first-order valence-corrected chi connectivity index (χ1v) is 9.04. The molecule has 4 nitrogen and oxygen atoms in total. The van der Waals surface area contributed by atoms with Gasteiger partial charge in [0.2, 0.25) is 0 Å². The van der Waals surface area contributed by atoms with E-state index in [0.29, 0.717) is 9.20 Å². The Morgan fingerprint density at radius 2 is 1.83 bits per heavy atom. The van der Waals surface area contributed by atoms with Crippen molar-refractivity contribution in [1.29, 1.82) is 5.26 Å². The molecule has 2 rings (SSSR count). The lowest BCUT2D eigenvalue weighted by Crippen LogP contribution is -2.28. The third kappa shape index (κ3) is 4.15. The number of rotatable bonds is 6. The first-order valence-electron chi connectivity index (χ1n) is 8.23. The van der Waals surface area contributed by atoms with Crippen molar-refractivity contribution in [2.45, 2.75) is 26.7 Å². The van der Waals surface area contributed by atoms with Crippen molar-refractivity contribution in [2.75, 3.05) is 18.0 Å². The molecule has 5 heteroatoms. The molecule has 0 unspecified atom stereocenters. The Morgan fingerprint density at radius 3 is 2.38 bits per heavy atom. The molecule has 2 aromatic rings. The topological polar surface area (TPSA) is 49.0 Å². The molecular formula is C19H23N3OS. The highest BCUT2D eigenvalue weighted by Gasteiger charge is 2.04. The fourth-order valence-electron chi connectivity index (χ4n) is 2.61. The summed E-state index contributed by atoms with van der Waals surface area (Å²) in [5.41, 5.74) is 2.15. The van der Waals surface area contributed by atoms with E-state index in [1.54, 1.807) is 7.05 Å². The van der Waals surface area contributed by atoms with E-state index in [1.165, 1.54) is 27.7 Å². The molecule has 126 valence electrons. The van der Waals surface area contributed by atoms with E-state index in [2.05, 4.69) is 30.9 Å². The maximum absolute atomic E-state index is 12.2. The van der Waals surface area contributed by atoms with E-state index >= 15 is 0 Å². The van der Waals surface area contributed by atoms with Crippen molar-refractivity contribution in [3.8, 4) is 6.07 Å². The number of hydrogen-bond acceptors (Lipinski definition) is 4. The highest BCUT2D eigenvalue weighted by atomic mass is 32.1. The van der Waals surface area contributed by atoms with Gasteiger partial charge in [-0.05, 0) is 36.6 Å². The fraction of sp³-hybridized carbons (Fsp3) is 0.368. The fourth-order valence-corrected chi connectivity index (χ4v) is 3.58. The zero-order chi connectivity index (χ0) is 17.5. The number of aromatic nitrogens is 1. The third-order valence-corrected chi connectivity index (χ3v) is 4.90. The largest absolute Gasteiger partial charge is 0.372 e. The monoisotopic (exact) mass is 341 g/mol. The molecule has 24 heavy (non-hydrogen) atoms. The minimum atomic E-state index is -0.0656. The van der Waals surface area contributed by atoms with E-state index in [9.17, 15) is 4.79 Å². The lowest BCUT2D eigenvalue weighted by molar-refractivity contribution is 0.745. The maximum Gasteiger partial charge on any atom is 0.268 e. The number of anilines is 1. The van der Waals surface area contributed by atoms with Crippen molar-refractivity contribution in [3.05, 3.63) is 49.4 Å². The predicted molar refractivity (Wildman–Crippen MR) is 102 cm³/mol. The molecule has 0 amide bonds. The van der Waals surface area contributed by atoms with Crippen molar-refractivity contribution >= 4 is 29.2 Å². The predicted octanol–water partition coefficient (Wildman–Crippen LogP) is 2.21. The molecule has 1 heterocycles. The summed E-state index contributed by atoms with van der Waals surface area (Å²) < 4.78 is 2.83. The second kappa shape index (κ2) is 8.51. The van der Waals surface area contributed by atoms with Crippen LogP contribution in [0.5, 0.6) is 0 Å². The second-order valence-corrected chi connectivity index (χ2v) is 6.73. The molecule has 0 atom stereocenters. The molecule has 0 fully saturated rings. The van der Waals surface area contributed by atoms with Crippen LogP contribution in [0, 0.1) is 11.3 Å². The minimum absolute atomic E-state index is 0.0656. The van der Waals surface area contributed by atoms with Gasteiger partial charge in [0.15, 0.2) is 0 Å². The van der Waals surface area contributed by atoms with Gasteiger partial charge in [-0.2, -0.15) is 5.26 Å². The summed E-state index contributed by atoms with van der Waals surface area (Å²) in [5, 5.41) is 8.77. The molecule has 1 aromatic carbocycles. The van der Waals surface area contributed by atoms with Crippen LogP contribution in [0.3, 0.4) is 0 Å². The van der Waals surface area contributed by atoms with Crippen LogP contribution in [-0.4, -0.2) is 17.7 Å². The Hall–Kier alpha value is -2.32. The van der Waals surface area contributed by atoms with Gasteiger partial charge in [0, 0.05) is 31.9 Å². The molecule has 0 saturated carbocycles. The summed E-state index contributed by atoms with van der Waals surface area (Å²) >= 11 is 1.34. The molecule has 0 N–H and O–H groups in total. The average Bonchev–Trinajstić information content (AvgIpc) is 2.84. The zero-order valence-corrected chi connectivity index (χ0v) is 15.3. The van der Waals surface area contributed by atoms with Gasteiger partial charge in [-0.25, -0.2) is 0 Å². The van der Waals surface area contributed by atoms with Crippen LogP contribution in [0.2, 0.25) is 0 Å². The van der Waals surface area contributed by atoms with E-state index < -0.39 is 0 Å². The van der Waals surface area contributed by atoms with Crippen molar-refractivity contribution in [3.63, 3.8) is 0 Å². The van der Waals surface area contributed by atoms with Crippen LogP contribution in [0.25, 0.3) is 12.2 Å². The van der Waals surface area contributed by atoms with E-state index in [1.807, 2.05) is 24.3 Å². The van der Waals surface area contributed by atoms with Gasteiger partial charge in [0.25, 0.3) is 5.56 Å². The van der Waals surface area contributed by atoms with Gasteiger partial charge in [0.05, 0.1) is 10.6 Å². The summed E-state index contributed by atoms with van der Waals surface area (Å²) in [6, 6.07) is 10.3. The highest BCUT2D eigenvalue weighted by Crippen LogP contribution is 2.16. The molecule has 0 aliphatic heterocycles. The second-order valence-electron chi connectivity index (χ2n) is 5.67. The number of hydrogen-bond donors (Lipinski definition) is 0. The Bertz CT molecular complexity index is 879. The standard InChI is InChI=1S/C19H23N3OS/c1-4-12-22(13-5-2)16-8-6-15(7-9-16)14-17-19(23)21(3)18(24-17)10-11-20/h6-10,14H,4-5,12-13H2,1-3H3/b17-14-,18-10-. The maximum atomic E-state index is 12.2. The number of nitrogens with zero attached hydrogens (tertiary/aromatic N) is 3. The zero-order valence-electron chi connectivity index (χ0n) is 14.5. The van der Waals surface area contributed by atoms with Gasteiger partial charge < -0.3 is 9.47 Å². The molecule has 1 aromatic heterocycles. The van der Waals surface area contributed by atoms with Crippen LogP contribution < -0.4 is 19.7 Å². The summed E-state index contributed by atoms with van der Waals surface area (Å²) in [6.45, 7) is 6.48. The Kier molecular flexibility index (Phi) is 6.39. The number of thiazole rings is 1. The van der Waals surface area contributed by atoms with E-state index in [0.717, 1.165) is 31.5 Å². The average molecular weight is 341 g/mol.